The molecule has 0 N–H and O–H groups in total. The van der Waals surface area contributed by atoms with Crippen molar-refractivity contribution in [3.63, 3.8) is 0 Å². The largest absolute Gasteiger partial charge is 0.334 e. The van der Waals surface area contributed by atoms with E-state index < -0.39 is 0 Å². The van der Waals surface area contributed by atoms with Crippen LogP contribution in [0.4, 0.5) is 4.39 Å². The van der Waals surface area contributed by atoms with Gasteiger partial charge in [0.25, 0.3) is 0 Å². The summed E-state index contributed by atoms with van der Waals surface area (Å²) < 4.78 is 15.8. The first-order valence-corrected chi connectivity index (χ1v) is 12.4. The van der Waals surface area contributed by atoms with Gasteiger partial charge < -0.3 is 4.90 Å². The molecule has 0 unspecified atom stereocenters. The van der Waals surface area contributed by atoms with Crippen molar-refractivity contribution in [1.82, 2.24) is 19.6 Å². The summed E-state index contributed by atoms with van der Waals surface area (Å²) in [4.78, 5) is 17.6. The van der Waals surface area contributed by atoms with Gasteiger partial charge in [0, 0.05) is 43.6 Å². The lowest BCUT2D eigenvalue weighted by molar-refractivity contribution is -0.140. The first-order valence-electron chi connectivity index (χ1n) is 12.4. The van der Waals surface area contributed by atoms with E-state index >= 15 is 0 Å². The van der Waals surface area contributed by atoms with Gasteiger partial charge in [-0.15, -0.1) is 0 Å². The second-order valence-corrected chi connectivity index (χ2v) is 9.90. The summed E-state index contributed by atoms with van der Waals surface area (Å²) in [6, 6.07) is 17.2. The van der Waals surface area contributed by atoms with E-state index in [0.717, 1.165) is 55.7 Å². The number of halogens is 1. The van der Waals surface area contributed by atoms with Crippen molar-refractivity contribution in [1.29, 1.82) is 0 Å². The van der Waals surface area contributed by atoms with Crippen LogP contribution in [0.5, 0.6) is 0 Å². The molecule has 2 aliphatic rings. The van der Waals surface area contributed by atoms with E-state index in [4.69, 9.17) is 5.10 Å². The third-order valence-electron chi connectivity index (χ3n) is 7.20. The summed E-state index contributed by atoms with van der Waals surface area (Å²) in [6.07, 6.45) is 4.01. The molecule has 0 spiro atoms. The molecule has 1 saturated carbocycles. The van der Waals surface area contributed by atoms with Crippen molar-refractivity contribution in [3.8, 4) is 5.69 Å². The maximum absolute atomic E-state index is 13.7. The van der Waals surface area contributed by atoms with Crippen molar-refractivity contribution < 1.29 is 9.18 Å². The summed E-state index contributed by atoms with van der Waals surface area (Å²) in [5.74, 6) is 0.227. The van der Waals surface area contributed by atoms with Gasteiger partial charge in [-0.25, -0.2) is 9.07 Å². The molecule has 178 valence electrons. The van der Waals surface area contributed by atoms with E-state index in [9.17, 15) is 9.18 Å². The Hall–Kier alpha value is -2.99. The standard InChI is InChI=1S/C28H33FN4O/c1-20(2)32(28(34)22-9-7-10-22)19-26-25-18-31(17-21-8-6-11-23(29)16-21)15-14-27(25)33(30-26)24-12-4-3-5-13-24/h3-6,8,11-13,16,20,22H,7,9-10,14-15,17-19H2,1-2H3. The Morgan fingerprint density at radius 3 is 2.62 bits per heavy atom. The van der Waals surface area contributed by atoms with Crippen LogP contribution in [0.3, 0.4) is 0 Å². The Labute approximate surface area is 201 Å². The third-order valence-corrected chi connectivity index (χ3v) is 7.20. The Morgan fingerprint density at radius 2 is 1.94 bits per heavy atom. The van der Waals surface area contributed by atoms with Crippen molar-refractivity contribution in [2.45, 2.75) is 65.2 Å². The van der Waals surface area contributed by atoms with Gasteiger partial charge in [0.05, 0.1) is 23.6 Å². The molecular formula is C28H33FN4O. The zero-order valence-corrected chi connectivity index (χ0v) is 20.1. The predicted octanol–water partition coefficient (Wildman–Crippen LogP) is 5.11. The van der Waals surface area contributed by atoms with Crippen molar-refractivity contribution in [2.75, 3.05) is 6.54 Å². The molecule has 2 heterocycles. The topological polar surface area (TPSA) is 41.4 Å². The molecule has 5 nitrogen and oxygen atoms in total. The highest BCUT2D eigenvalue weighted by Gasteiger charge is 2.33. The van der Waals surface area contributed by atoms with Crippen LogP contribution in [0.25, 0.3) is 5.69 Å². The van der Waals surface area contributed by atoms with Crippen LogP contribution in [-0.4, -0.2) is 38.1 Å². The molecule has 5 rings (SSSR count). The van der Waals surface area contributed by atoms with Crippen LogP contribution in [-0.2, 0) is 30.8 Å². The maximum Gasteiger partial charge on any atom is 0.226 e. The molecule has 0 bridgehead atoms. The summed E-state index contributed by atoms with van der Waals surface area (Å²) >= 11 is 0. The lowest BCUT2D eigenvalue weighted by Crippen LogP contribution is -2.42. The van der Waals surface area contributed by atoms with Gasteiger partial charge in [0.15, 0.2) is 0 Å². The Kier molecular flexibility index (Phi) is 6.50. The summed E-state index contributed by atoms with van der Waals surface area (Å²) in [5, 5.41) is 5.06. The highest BCUT2D eigenvalue weighted by molar-refractivity contribution is 5.79. The van der Waals surface area contributed by atoms with Crippen molar-refractivity contribution in [2.24, 2.45) is 5.92 Å². The fraction of sp³-hybridized carbons (Fsp3) is 0.429. The van der Waals surface area contributed by atoms with Crippen molar-refractivity contribution in [3.05, 3.63) is 82.9 Å². The van der Waals surface area contributed by atoms with Crippen LogP contribution in [0, 0.1) is 11.7 Å². The number of rotatable bonds is 7. The van der Waals surface area contributed by atoms with Gasteiger partial charge in [-0.05, 0) is 56.5 Å². The minimum atomic E-state index is -0.199. The molecule has 1 amide bonds. The van der Waals surface area contributed by atoms with Gasteiger partial charge in [-0.1, -0.05) is 36.8 Å². The van der Waals surface area contributed by atoms with E-state index in [-0.39, 0.29) is 23.7 Å². The van der Waals surface area contributed by atoms with Crippen LogP contribution in [0.15, 0.2) is 54.6 Å². The molecule has 1 aliphatic heterocycles. The number of hydrogen-bond donors (Lipinski definition) is 0. The van der Waals surface area contributed by atoms with E-state index in [2.05, 4.69) is 35.6 Å². The molecule has 0 saturated heterocycles. The second kappa shape index (κ2) is 9.71. The quantitative estimate of drug-likeness (QED) is 0.492. The van der Waals surface area contributed by atoms with Crippen LogP contribution in [0.1, 0.15) is 55.6 Å². The SMILES string of the molecule is CC(C)N(Cc1nn(-c2ccccc2)c2c1CN(Cc1cccc(F)c1)CC2)C(=O)C1CCC1. The Balaban J connectivity index is 1.46. The molecule has 0 radical (unpaired) electrons. The number of amides is 1. The minimum Gasteiger partial charge on any atom is -0.334 e. The molecular weight excluding hydrogens is 427 g/mol. The highest BCUT2D eigenvalue weighted by Crippen LogP contribution is 2.31. The number of para-hydroxylation sites is 1. The molecule has 1 fully saturated rings. The normalized spacial score (nSPS) is 16.4. The zero-order valence-electron chi connectivity index (χ0n) is 20.1. The molecule has 2 aromatic carbocycles. The lowest BCUT2D eigenvalue weighted by atomic mass is 9.84. The number of carbonyl (C=O) groups excluding carboxylic acids is 1. The molecule has 34 heavy (non-hydrogen) atoms. The monoisotopic (exact) mass is 460 g/mol. The van der Waals surface area contributed by atoms with Crippen LogP contribution in [0.2, 0.25) is 0 Å². The first-order chi connectivity index (χ1) is 16.5. The number of benzene rings is 2. The van der Waals surface area contributed by atoms with Gasteiger partial charge in [0.2, 0.25) is 5.91 Å². The van der Waals surface area contributed by atoms with E-state index in [0.29, 0.717) is 13.1 Å². The number of aromatic nitrogens is 2. The smallest absolute Gasteiger partial charge is 0.226 e. The summed E-state index contributed by atoms with van der Waals surface area (Å²) in [6.45, 7) is 7.04. The van der Waals surface area contributed by atoms with E-state index in [1.807, 2.05) is 29.2 Å². The van der Waals surface area contributed by atoms with Gasteiger partial charge >= 0.3 is 0 Å². The average Bonchev–Trinajstić information content (AvgIpc) is 3.14. The van der Waals surface area contributed by atoms with Crippen LogP contribution < -0.4 is 0 Å². The summed E-state index contributed by atoms with van der Waals surface area (Å²) in [5.41, 5.74) is 5.42. The van der Waals surface area contributed by atoms with Gasteiger partial charge in [-0.3, -0.25) is 9.69 Å². The van der Waals surface area contributed by atoms with Crippen molar-refractivity contribution >= 4 is 5.91 Å². The zero-order chi connectivity index (χ0) is 23.7. The van der Waals surface area contributed by atoms with E-state index in [1.54, 1.807) is 12.1 Å². The predicted molar refractivity (Wildman–Crippen MR) is 131 cm³/mol. The molecule has 1 aliphatic carbocycles. The fourth-order valence-electron chi connectivity index (χ4n) is 5.05. The fourth-order valence-corrected chi connectivity index (χ4v) is 5.05. The number of carbonyl (C=O) groups is 1. The maximum atomic E-state index is 13.7. The minimum absolute atomic E-state index is 0.123. The third kappa shape index (κ3) is 4.64. The van der Waals surface area contributed by atoms with Gasteiger partial charge in [-0.2, -0.15) is 5.10 Å². The van der Waals surface area contributed by atoms with Crippen LogP contribution >= 0.6 is 0 Å². The van der Waals surface area contributed by atoms with Gasteiger partial charge in [0.1, 0.15) is 5.82 Å². The highest BCUT2D eigenvalue weighted by atomic mass is 19.1. The molecule has 6 heteroatoms. The lowest BCUT2D eigenvalue weighted by Gasteiger charge is -2.34. The average molecular weight is 461 g/mol. The molecule has 1 aromatic heterocycles. The Bertz CT molecular complexity index is 1150. The molecule has 0 atom stereocenters. The number of fused-ring (bicyclic) bond motifs is 1. The number of hydrogen-bond acceptors (Lipinski definition) is 3. The summed E-state index contributed by atoms with van der Waals surface area (Å²) in [7, 11) is 0. The van der Waals surface area contributed by atoms with E-state index in [1.165, 1.54) is 17.3 Å². The number of nitrogens with zero attached hydrogens (tertiary/aromatic N) is 4. The Morgan fingerprint density at radius 1 is 1.15 bits per heavy atom. The molecule has 3 aromatic rings. The second-order valence-electron chi connectivity index (χ2n) is 9.90. The first kappa shape index (κ1) is 22.8.